The highest BCUT2D eigenvalue weighted by Gasteiger charge is 2.19. The van der Waals surface area contributed by atoms with Gasteiger partial charge in [0, 0.05) is 24.4 Å². The number of hydrogen-bond acceptors (Lipinski definition) is 1. The van der Waals surface area contributed by atoms with Crippen LogP contribution in [0.5, 0.6) is 0 Å². The minimum absolute atomic E-state index is 0.168. The van der Waals surface area contributed by atoms with Gasteiger partial charge in [-0.3, -0.25) is 4.79 Å². The van der Waals surface area contributed by atoms with Gasteiger partial charge in [-0.15, -0.1) is 0 Å². The van der Waals surface area contributed by atoms with Crippen LogP contribution in [0.15, 0.2) is 35.3 Å². The second-order valence-corrected chi connectivity index (χ2v) is 4.56. The van der Waals surface area contributed by atoms with E-state index in [0.29, 0.717) is 0 Å². The van der Waals surface area contributed by atoms with E-state index in [1.54, 1.807) is 4.57 Å². The van der Waals surface area contributed by atoms with Gasteiger partial charge in [0.05, 0.1) is 0 Å². The van der Waals surface area contributed by atoms with Crippen molar-refractivity contribution in [3.05, 3.63) is 58.0 Å². The molecule has 0 saturated heterocycles. The normalized spacial score (nSPS) is 13.7. The summed E-state index contributed by atoms with van der Waals surface area (Å²) in [5, 5.41) is 0. The first-order valence-corrected chi connectivity index (χ1v) is 5.95. The molecule has 0 N–H and O–H groups in total. The van der Waals surface area contributed by atoms with Gasteiger partial charge in [-0.05, 0) is 42.5 Å². The third kappa shape index (κ3) is 1.60. The minimum Gasteiger partial charge on any atom is -0.318 e. The maximum absolute atomic E-state index is 12.0. The molecule has 0 bridgehead atoms. The predicted octanol–water partition coefficient (Wildman–Crippen LogP) is 2.34. The van der Waals surface area contributed by atoms with Gasteiger partial charge in [-0.2, -0.15) is 0 Å². The molecule has 1 aromatic carbocycles. The summed E-state index contributed by atoms with van der Waals surface area (Å²) >= 11 is 0. The second-order valence-electron chi connectivity index (χ2n) is 4.56. The summed E-state index contributed by atoms with van der Waals surface area (Å²) in [6.07, 6.45) is 5.00. The highest BCUT2D eigenvalue weighted by atomic mass is 16.1. The van der Waals surface area contributed by atoms with Gasteiger partial charge in [0.15, 0.2) is 0 Å². The third-order valence-corrected chi connectivity index (χ3v) is 3.46. The zero-order valence-electron chi connectivity index (χ0n) is 9.86. The Bertz CT molecular complexity index is 611. The summed E-state index contributed by atoms with van der Waals surface area (Å²) in [5.41, 5.74) is 4.76. The van der Waals surface area contributed by atoms with E-state index in [2.05, 4.69) is 12.1 Å². The molecule has 0 fully saturated rings. The molecule has 0 unspecified atom stereocenters. The molecule has 0 aliphatic heterocycles. The topological polar surface area (TPSA) is 22.0 Å². The van der Waals surface area contributed by atoms with Gasteiger partial charge in [0.2, 0.25) is 0 Å². The fourth-order valence-electron chi connectivity index (χ4n) is 2.63. The number of fused-ring (bicyclic) bond motifs is 1. The van der Waals surface area contributed by atoms with E-state index in [-0.39, 0.29) is 5.56 Å². The standard InChI is InChI=1S/C15H14NO/c1-16-10-14(11-6-3-2-4-7-11)12-8-5-9-13(12)15(16)17/h2-3,6-7,10H,5,8-9H2,1H3. The number of aryl methyl sites for hydroxylation is 1. The van der Waals surface area contributed by atoms with Crippen LogP contribution in [0, 0.1) is 6.07 Å². The zero-order valence-corrected chi connectivity index (χ0v) is 9.86. The van der Waals surface area contributed by atoms with Crippen molar-refractivity contribution in [2.24, 2.45) is 7.05 Å². The lowest BCUT2D eigenvalue weighted by Gasteiger charge is -2.10. The monoisotopic (exact) mass is 224 g/mol. The lowest BCUT2D eigenvalue weighted by molar-refractivity contribution is 0.836. The fraction of sp³-hybridized carbons (Fsp3) is 0.267. The Balaban J connectivity index is 2.29. The van der Waals surface area contributed by atoms with Crippen LogP contribution in [0.3, 0.4) is 0 Å². The van der Waals surface area contributed by atoms with Gasteiger partial charge in [-0.25, -0.2) is 0 Å². The molecular formula is C15H14NO. The smallest absolute Gasteiger partial charge is 0.253 e. The molecule has 2 aromatic rings. The highest BCUT2D eigenvalue weighted by Crippen LogP contribution is 2.29. The number of pyridine rings is 1. The van der Waals surface area contributed by atoms with E-state index >= 15 is 0 Å². The van der Waals surface area contributed by atoms with Crippen LogP contribution in [-0.2, 0) is 19.9 Å². The highest BCUT2D eigenvalue weighted by molar-refractivity contribution is 5.68. The molecule has 1 heterocycles. The number of benzene rings is 1. The quantitative estimate of drug-likeness (QED) is 0.728. The van der Waals surface area contributed by atoms with E-state index in [0.717, 1.165) is 30.4 Å². The Morgan fingerprint density at radius 3 is 2.88 bits per heavy atom. The van der Waals surface area contributed by atoms with Crippen molar-refractivity contribution in [2.75, 3.05) is 0 Å². The van der Waals surface area contributed by atoms with Crippen molar-refractivity contribution >= 4 is 0 Å². The van der Waals surface area contributed by atoms with Crippen LogP contribution in [0.2, 0.25) is 0 Å². The maximum Gasteiger partial charge on any atom is 0.253 e. The Morgan fingerprint density at radius 1 is 1.29 bits per heavy atom. The Kier molecular flexibility index (Phi) is 2.36. The summed E-state index contributed by atoms with van der Waals surface area (Å²) in [6.45, 7) is 0. The largest absolute Gasteiger partial charge is 0.318 e. The van der Waals surface area contributed by atoms with Crippen LogP contribution in [0.1, 0.15) is 17.5 Å². The molecular weight excluding hydrogens is 210 g/mol. The average molecular weight is 224 g/mol. The van der Waals surface area contributed by atoms with E-state index < -0.39 is 0 Å². The first-order valence-electron chi connectivity index (χ1n) is 5.95. The summed E-state index contributed by atoms with van der Waals surface area (Å²) < 4.78 is 1.70. The molecule has 1 radical (unpaired) electrons. The molecule has 2 heteroatoms. The third-order valence-electron chi connectivity index (χ3n) is 3.46. The van der Waals surface area contributed by atoms with Crippen molar-refractivity contribution in [3.8, 4) is 11.1 Å². The summed E-state index contributed by atoms with van der Waals surface area (Å²) in [4.78, 5) is 12.0. The molecule has 0 amide bonds. The zero-order chi connectivity index (χ0) is 11.8. The lowest BCUT2D eigenvalue weighted by Crippen LogP contribution is -2.21. The van der Waals surface area contributed by atoms with Crippen LogP contribution >= 0.6 is 0 Å². The first kappa shape index (κ1) is 10.3. The van der Waals surface area contributed by atoms with Gasteiger partial charge in [0.25, 0.3) is 5.56 Å². The fourth-order valence-corrected chi connectivity index (χ4v) is 2.63. The molecule has 1 aliphatic carbocycles. The van der Waals surface area contributed by atoms with Gasteiger partial charge >= 0.3 is 0 Å². The van der Waals surface area contributed by atoms with Crippen LogP contribution in [-0.4, -0.2) is 4.57 Å². The van der Waals surface area contributed by atoms with Gasteiger partial charge in [-0.1, -0.05) is 18.2 Å². The first-order chi connectivity index (χ1) is 8.27. The van der Waals surface area contributed by atoms with E-state index in [1.807, 2.05) is 31.4 Å². The molecule has 17 heavy (non-hydrogen) atoms. The summed E-state index contributed by atoms with van der Waals surface area (Å²) in [7, 11) is 1.83. The van der Waals surface area contributed by atoms with Crippen LogP contribution < -0.4 is 5.56 Å². The predicted molar refractivity (Wildman–Crippen MR) is 68.0 cm³/mol. The van der Waals surface area contributed by atoms with E-state index in [9.17, 15) is 4.79 Å². The minimum atomic E-state index is 0.168. The summed E-state index contributed by atoms with van der Waals surface area (Å²) in [6, 6.07) is 11.0. The van der Waals surface area contributed by atoms with Crippen molar-refractivity contribution in [1.82, 2.24) is 4.57 Å². The molecule has 1 aliphatic rings. The second kappa shape index (κ2) is 3.88. The molecule has 85 valence electrons. The van der Waals surface area contributed by atoms with Crippen molar-refractivity contribution in [3.63, 3.8) is 0 Å². The van der Waals surface area contributed by atoms with Crippen LogP contribution in [0.25, 0.3) is 11.1 Å². The van der Waals surface area contributed by atoms with Gasteiger partial charge < -0.3 is 4.57 Å². The van der Waals surface area contributed by atoms with Crippen molar-refractivity contribution < 1.29 is 0 Å². The van der Waals surface area contributed by atoms with Gasteiger partial charge in [0.1, 0.15) is 0 Å². The van der Waals surface area contributed by atoms with Crippen molar-refractivity contribution in [1.29, 1.82) is 0 Å². The van der Waals surface area contributed by atoms with E-state index in [4.69, 9.17) is 0 Å². The number of aromatic nitrogens is 1. The number of hydrogen-bond donors (Lipinski definition) is 0. The molecule has 0 saturated carbocycles. The van der Waals surface area contributed by atoms with Crippen molar-refractivity contribution in [2.45, 2.75) is 19.3 Å². The van der Waals surface area contributed by atoms with Crippen LogP contribution in [0.4, 0.5) is 0 Å². The van der Waals surface area contributed by atoms with E-state index in [1.165, 1.54) is 11.1 Å². The Hall–Kier alpha value is -1.83. The average Bonchev–Trinajstić information content (AvgIpc) is 2.84. The lowest BCUT2D eigenvalue weighted by atomic mass is 9.99. The Labute approximate surface area is 101 Å². The maximum atomic E-state index is 12.0. The molecule has 3 rings (SSSR count). The molecule has 1 aromatic heterocycles. The SMILES string of the molecule is Cn1cc(-c2c[c]ccc2)c2c(c1=O)CCC2. The molecule has 2 nitrogen and oxygen atoms in total. The summed E-state index contributed by atoms with van der Waals surface area (Å²) in [5.74, 6) is 0. The number of nitrogens with zero attached hydrogens (tertiary/aromatic N) is 1. The number of rotatable bonds is 1. The Morgan fingerprint density at radius 2 is 2.12 bits per heavy atom. The molecule has 0 atom stereocenters. The molecule has 0 spiro atoms.